The van der Waals surface area contributed by atoms with Gasteiger partial charge >= 0.3 is 0 Å². The highest BCUT2D eigenvalue weighted by molar-refractivity contribution is 5.32. The van der Waals surface area contributed by atoms with Crippen molar-refractivity contribution in [3.8, 4) is 0 Å². The van der Waals surface area contributed by atoms with E-state index in [-0.39, 0.29) is 5.56 Å². The van der Waals surface area contributed by atoms with Gasteiger partial charge in [0.05, 0.1) is 0 Å². The van der Waals surface area contributed by atoms with Gasteiger partial charge in [0.25, 0.3) is 5.56 Å². The van der Waals surface area contributed by atoms with Crippen LogP contribution in [0.25, 0.3) is 0 Å². The van der Waals surface area contributed by atoms with Crippen LogP contribution in [0.4, 0.5) is 5.82 Å². The van der Waals surface area contributed by atoms with Gasteiger partial charge in [-0.1, -0.05) is 0 Å². The Morgan fingerprint density at radius 2 is 2.36 bits per heavy atom. The molecule has 14 heavy (non-hydrogen) atoms. The van der Waals surface area contributed by atoms with Crippen LogP contribution < -0.4 is 10.9 Å². The van der Waals surface area contributed by atoms with Crippen LogP contribution in [0, 0.1) is 0 Å². The molecule has 0 bridgehead atoms. The summed E-state index contributed by atoms with van der Waals surface area (Å²) in [6.45, 7) is 5.53. The van der Waals surface area contributed by atoms with Crippen LogP contribution in [-0.4, -0.2) is 23.1 Å². The van der Waals surface area contributed by atoms with E-state index in [1.165, 1.54) is 6.07 Å². The largest absolute Gasteiger partial charge is 0.374 e. The number of hydrogen-bond donors (Lipinski definition) is 2. The molecule has 2 N–H and O–H groups in total. The zero-order valence-electron chi connectivity index (χ0n) is 8.46. The van der Waals surface area contributed by atoms with Gasteiger partial charge in [-0.2, -0.15) is 0 Å². The van der Waals surface area contributed by atoms with Crippen LogP contribution in [0.15, 0.2) is 10.9 Å². The molecule has 5 heteroatoms. The van der Waals surface area contributed by atoms with E-state index in [4.69, 9.17) is 4.74 Å². The van der Waals surface area contributed by atoms with Gasteiger partial charge in [0.2, 0.25) is 0 Å². The Hall–Kier alpha value is -1.36. The Balaban J connectivity index is 2.78. The molecule has 0 atom stereocenters. The number of hydrogen-bond acceptors (Lipinski definition) is 4. The van der Waals surface area contributed by atoms with Gasteiger partial charge in [-0.3, -0.25) is 4.79 Å². The summed E-state index contributed by atoms with van der Waals surface area (Å²) in [6.07, 6.45) is 0. The lowest BCUT2D eigenvalue weighted by Gasteiger charge is -2.04. The molecule has 1 rings (SSSR count). The first-order valence-electron chi connectivity index (χ1n) is 4.68. The molecule has 1 heterocycles. The van der Waals surface area contributed by atoms with Crippen LogP contribution in [0.3, 0.4) is 0 Å². The molecule has 78 valence electrons. The zero-order valence-corrected chi connectivity index (χ0v) is 8.46. The SMILES string of the molecule is CCNc1cc(=O)[nH]c(COCC)n1. The molecule has 0 fully saturated rings. The average Bonchev–Trinajstić information content (AvgIpc) is 2.14. The minimum atomic E-state index is -0.161. The first kappa shape index (κ1) is 10.7. The van der Waals surface area contributed by atoms with E-state index < -0.39 is 0 Å². The fraction of sp³-hybridized carbons (Fsp3) is 0.556. The van der Waals surface area contributed by atoms with Gasteiger partial charge in [-0.15, -0.1) is 0 Å². The summed E-state index contributed by atoms with van der Waals surface area (Å²) in [6, 6.07) is 1.43. The third kappa shape index (κ3) is 3.18. The Kier molecular flexibility index (Phi) is 4.12. The van der Waals surface area contributed by atoms with Crippen molar-refractivity contribution in [3.05, 3.63) is 22.2 Å². The average molecular weight is 197 g/mol. The second kappa shape index (κ2) is 5.39. The van der Waals surface area contributed by atoms with Gasteiger partial charge in [-0.05, 0) is 13.8 Å². The molecule has 0 aromatic carbocycles. The molecule has 0 aliphatic carbocycles. The first-order chi connectivity index (χ1) is 6.76. The lowest BCUT2D eigenvalue weighted by molar-refractivity contribution is 0.128. The van der Waals surface area contributed by atoms with Crippen molar-refractivity contribution in [2.45, 2.75) is 20.5 Å². The Labute approximate surface area is 82.5 Å². The van der Waals surface area contributed by atoms with Crippen molar-refractivity contribution in [3.63, 3.8) is 0 Å². The minimum Gasteiger partial charge on any atom is -0.374 e. The second-order valence-corrected chi connectivity index (χ2v) is 2.74. The van der Waals surface area contributed by atoms with E-state index >= 15 is 0 Å². The molecule has 0 spiro atoms. The molecule has 1 aromatic heterocycles. The highest BCUT2D eigenvalue weighted by atomic mass is 16.5. The van der Waals surface area contributed by atoms with E-state index in [1.807, 2.05) is 13.8 Å². The van der Waals surface area contributed by atoms with Gasteiger partial charge in [-0.25, -0.2) is 4.98 Å². The molecule has 0 aliphatic heterocycles. The number of H-pyrrole nitrogens is 1. The molecule has 5 nitrogen and oxygen atoms in total. The standard InChI is InChI=1S/C9H15N3O2/c1-3-10-7-5-9(13)12-8(11-7)6-14-4-2/h5H,3-4,6H2,1-2H3,(H2,10,11,12,13). The minimum absolute atomic E-state index is 0.161. The summed E-state index contributed by atoms with van der Waals surface area (Å²) in [5.41, 5.74) is -0.161. The summed E-state index contributed by atoms with van der Waals surface area (Å²) in [4.78, 5) is 17.9. The van der Waals surface area contributed by atoms with Crippen molar-refractivity contribution in [2.75, 3.05) is 18.5 Å². The van der Waals surface area contributed by atoms with Crippen molar-refractivity contribution in [2.24, 2.45) is 0 Å². The van der Waals surface area contributed by atoms with E-state index in [0.717, 1.165) is 6.54 Å². The monoisotopic (exact) mass is 197 g/mol. The number of rotatable bonds is 5. The lowest BCUT2D eigenvalue weighted by Crippen LogP contribution is -2.14. The summed E-state index contributed by atoms with van der Waals surface area (Å²) in [7, 11) is 0. The van der Waals surface area contributed by atoms with Gasteiger partial charge in [0.1, 0.15) is 18.2 Å². The highest BCUT2D eigenvalue weighted by Gasteiger charge is 1.99. The second-order valence-electron chi connectivity index (χ2n) is 2.74. The summed E-state index contributed by atoms with van der Waals surface area (Å²) in [5.74, 6) is 1.14. The predicted molar refractivity (Wildman–Crippen MR) is 54.4 cm³/mol. The number of aromatic amines is 1. The predicted octanol–water partition coefficient (Wildman–Crippen LogP) is 0.738. The highest BCUT2D eigenvalue weighted by Crippen LogP contribution is 1.99. The van der Waals surface area contributed by atoms with Crippen molar-refractivity contribution in [1.82, 2.24) is 9.97 Å². The molecule has 1 aromatic rings. The Morgan fingerprint density at radius 1 is 1.57 bits per heavy atom. The van der Waals surface area contributed by atoms with Gasteiger partial charge in [0, 0.05) is 19.2 Å². The first-order valence-corrected chi connectivity index (χ1v) is 4.68. The molecular formula is C9H15N3O2. The lowest BCUT2D eigenvalue weighted by atomic mass is 10.5. The fourth-order valence-electron chi connectivity index (χ4n) is 1.05. The van der Waals surface area contributed by atoms with E-state index in [9.17, 15) is 4.79 Å². The molecule has 0 saturated carbocycles. The van der Waals surface area contributed by atoms with Crippen molar-refractivity contribution < 1.29 is 4.74 Å². The van der Waals surface area contributed by atoms with E-state index in [2.05, 4.69) is 15.3 Å². The van der Waals surface area contributed by atoms with Crippen LogP contribution in [0.2, 0.25) is 0 Å². The summed E-state index contributed by atoms with van der Waals surface area (Å²) in [5, 5.41) is 2.98. The third-order valence-electron chi connectivity index (χ3n) is 1.59. The number of ether oxygens (including phenoxy) is 1. The number of anilines is 1. The van der Waals surface area contributed by atoms with Crippen molar-refractivity contribution >= 4 is 5.82 Å². The van der Waals surface area contributed by atoms with Crippen LogP contribution in [0.1, 0.15) is 19.7 Å². The van der Waals surface area contributed by atoms with Crippen LogP contribution >= 0.6 is 0 Å². The summed E-state index contributed by atoms with van der Waals surface area (Å²) >= 11 is 0. The zero-order chi connectivity index (χ0) is 10.4. The number of nitrogens with one attached hydrogen (secondary N) is 2. The molecule has 0 amide bonds. The van der Waals surface area contributed by atoms with Gasteiger partial charge < -0.3 is 15.0 Å². The molecule has 0 unspecified atom stereocenters. The van der Waals surface area contributed by atoms with Gasteiger partial charge in [0.15, 0.2) is 0 Å². The summed E-state index contributed by atoms with van der Waals surface area (Å²) < 4.78 is 5.15. The smallest absolute Gasteiger partial charge is 0.253 e. The Morgan fingerprint density at radius 3 is 3.00 bits per heavy atom. The normalized spacial score (nSPS) is 10.1. The maximum Gasteiger partial charge on any atom is 0.253 e. The van der Waals surface area contributed by atoms with Crippen molar-refractivity contribution in [1.29, 1.82) is 0 Å². The quantitative estimate of drug-likeness (QED) is 0.730. The van der Waals surface area contributed by atoms with Crippen LogP contribution in [-0.2, 0) is 11.3 Å². The molecule has 0 radical (unpaired) electrons. The molecule has 0 saturated heterocycles. The number of nitrogens with zero attached hydrogens (tertiary/aromatic N) is 1. The maximum atomic E-state index is 11.2. The Bertz CT molecular complexity index is 335. The topological polar surface area (TPSA) is 67.0 Å². The molecule has 0 aliphatic rings. The fourth-order valence-corrected chi connectivity index (χ4v) is 1.05. The number of aromatic nitrogens is 2. The molecular weight excluding hydrogens is 182 g/mol. The maximum absolute atomic E-state index is 11.2. The third-order valence-corrected chi connectivity index (χ3v) is 1.59. The van der Waals surface area contributed by atoms with E-state index in [1.54, 1.807) is 0 Å². The van der Waals surface area contributed by atoms with E-state index in [0.29, 0.717) is 24.9 Å². The van der Waals surface area contributed by atoms with Crippen LogP contribution in [0.5, 0.6) is 0 Å².